The van der Waals surface area contributed by atoms with Crippen molar-refractivity contribution in [2.24, 2.45) is 5.10 Å². The Morgan fingerprint density at radius 1 is 1.58 bits per heavy atom. The van der Waals surface area contributed by atoms with Crippen molar-refractivity contribution in [2.75, 3.05) is 18.1 Å². The third-order valence-corrected chi connectivity index (χ3v) is 2.54. The number of carbonyl (C=O) groups is 1. The predicted molar refractivity (Wildman–Crippen MR) is 49.2 cm³/mol. The first-order chi connectivity index (χ1) is 5.83. The minimum absolute atomic E-state index is 0.444. The van der Waals surface area contributed by atoms with Gasteiger partial charge < -0.3 is 5.11 Å². The summed E-state index contributed by atoms with van der Waals surface area (Å²) in [6, 6.07) is 0. The van der Waals surface area contributed by atoms with E-state index in [0.717, 1.165) is 30.1 Å². The van der Waals surface area contributed by atoms with Crippen molar-refractivity contribution < 1.29 is 9.90 Å². The highest BCUT2D eigenvalue weighted by molar-refractivity contribution is 7.99. The van der Waals surface area contributed by atoms with Gasteiger partial charge in [0.1, 0.15) is 6.61 Å². The summed E-state index contributed by atoms with van der Waals surface area (Å²) in [6.45, 7) is -0.495. The summed E-state index contributed by atoms with van der Waals surface area (Å²) in [7, 11) is 0. The molecule has 0 spiro atoms. The number of thioether (sulfide) groups is 1. The average molecular weight is 188 g/mol. The van der Waals surface area contributed by atoms with E-state index in [2.05, 4.69) is 10.5 Å². The number of aliphatic hydroxyl groups excluding tert-OH is 1. The molecule has 12 heavy (non-hydrogen) atoms. The fraction of sp³-hybridized carbons (Fsp3) is 0.714. The van der Waals surface area contributed by atoms with Crippen LogP contribution in [0.5, 0.6) is 0 Å². The fourth-order valence-corrected chi connectivity index (χ4v) is 1.86. The highest BCUT2D eigenvalue weighted by Gasteiger charge is 2.07. The molecule has 5 heteroatoms. The van der Waals surface area contributed by atoms with E-state index >= 15 is 0 Å². The van der Waals surface area contributed by atoms with Gasteiger partial charge in [-0.3, -0.25) is 4.79 Å². The van der Waals surface area contributed by atoms with E-state index in [1.165, 1.54) is 0 Å². The Labute approximate surface area is 75.4 Å². The van der Waals surface area contributed by atoms with E-state index in [1.54, 1.807) is 0 Å². The Kier molecular flexibility index (Phi) is 4.10. The summed E-state index contributed by atoms with van der Waals surface area (Å²) in [6.07, 6.45) is 1.88. The van der Waals surface area contributed by atoms with Crippen molar-refractivity contribution in [3.05, 3.63) is 0 Å². The smallest absolute Gasteiger partial charge is 0.265 e. The number of nitrogens with one attached hydrogen (secondary N) is 1. The maximum atomic E-state index is 10.6. The Morgan fingerprint density at radius 3 is 2.83 bits per heavy atom. The molecular formula is C7H12N2O2S. The first-order valence-electron chi connectivity index (χ1n) is 3.86. The second-order valence-corrected chi connectivity index (χ2v) is 3.71. The van der Waals surface area contributed by atoms with Crippen LogP contribution in [0.1, 0.15) is 12.8 Å². The molecule has 0 aromatic heterocycles. The quantitative estimate of drug-likeness (QED) is 0.599. The molecule has 1 heterocycles. The van der Waals surface area contributed by atoms with Crippen LogP contribution in [0.2, 0.25) is 0 Å². The lowest BCUT2D eigenvalue weighted by atomic mass is 10.2. The van der Waals surface area contributed by atoms with E-state index in [4.69, 9.17) is 5.11 Å². The molecule has 0 aliphatic carbocycles. The highest BCUT2D eigenvalue weighted by atomic mass is 32.2. The van der Waals surface area contributed by atoms with E-state index in [9.17, 15) is 4.79 Å². The topological polar surface area (TPSA) is 61.7 Å². The van der Waals surface area contributed by atoms with Crippen molar-refractivity contribution >= 4 is 23.4 Å². The van der Waals surface area contributed by atoms with Gasteiger partial charge in [0.2, 0.25) is 0 Å². The minimum atomic E-state index is -0.495. The van der Waals surface area contributed by atoms with E-state index in [-0.39, 0.29) is 0 Å². The Morgan fingerprint density at radius 2 is 2.25 bits per heavy atom. The van der Waals surface area contributed by atoms with Crippen molar-refractivity contribution in [3.63, 3.8) is 0 Å². The summed E-state index contributed by atoms with van der Waals surface area (Å²) >= 11 is 1.90. The monoisotopic (exact) mass is 188 g/mol. The summed E-state index contributed by atoms with van der Waals surface area (Å²) in [5, 5.41) is 12.3. The normalized spacial score (nSPS) is 17.2. The highest BCUT2D eigenvalue weighted by Crippen LogP contribution is 2.13. The van der Waals surface area contributed by atoms with Gasteiger partial charge in [0, 0.05) is 5.71 Å². The van der Waals surface area contributed by atoms with E-state index in [0.29, 0.717) is 0 Å². The molecule has 4 nitrogen and oxygen atoms in total. The number of hydrogen-bond acceptors (Lipinski definition) is 4. The van der Waals surface area contributed by atoms with Crippen LogP contribution in [0.3, 0.4) is 0 Å². The molecule has 0 atom stereocenters. The molecule has 0 unspecified atom stereocenters. The van der Waals surface area contributed by atoms with Crippen molar-refractivity contribution in [1.82, 2.24) is 5.43 Å². The van der Waals surface area contributed by atoms with Gasteiger partial charge in [0.15, 0.2) is 0 Å². The molecule has 2 N–H and O–H groups in total. The zero-order valence-electron chi connectivity index (χ0n) is 6.75. The molecule has 0 radical (unpaired) electrons. The maximum Gasteiger partial charge on any atom is 0.265 e. The Balaban J connectivity index is 2.29. The van der Waals surface area contributed by atoms with Gasteiger partial charge in [0.25, 0.3) is 5.91 Å². The van der Waals surface area contributed by atoms with Crippen LogP contribution in [0.15, 0.2) is 5.10 Å². The van der Waals surface area contributed by atoms with E-state index < -0.39 is 12.5 Å². The van der Waals surface area contributed by atoms with Crippen molar-refractivity contribution in [1.29, 1.82) is 0 Å². The molecular weight excluding hydrogens is 176 g/mol. The summed E-state index contributed by atoms with van der Waals surface area (Å²) < 4.78 is 0. The summed E-state index contributed by atoms with van der Waals surface area (Å²) in [4.78, 5) is 10.6. The average Bonchev–Trinajstić information content (AvgIpc) is 2.16. The molecule has 1 fully saturated rings. The summed E-state index contributed by atoms with van der Waals surface area (Å²) in [5.41, 5.74) is 3.32. The molecule has 1 rings (SSSR count). The number of nitrogens with zero attached hydrogens (tertiary/aromatic N) is 1. The molecule has 0 saturated carbocycles. The number of rotatable bonds is 2. The number of carbonyl (C=O) groups excluding carboxylic acids is 1. The number of amides is 1. The molecule has 1 aliphatic heterocycles. The number of hydrogen-bond donors (Lipinski definition) is 2. The Bertz CT molecular complexity index is 186. The predicted octanol–water partition coefficient (Wildman–Crippen LogP) is -0.0221. The van der Waals surface area contributed by atoms with Crippen molar-refractivity contribution in [3.8, 4) is 0 Å². The lowest BCUT2D eigenvalue weighted by Crippen LogP contribution is -2.23. The van der Waals surface area contributed by atoms with Crippen LogP contribution in [0.25, 0.3) is 0 Å². The van der Waals surface area contributed by atoms with Gasteiger partial charge in [-0.05, 0) is 24.3 Å². The SMILES string of the molecule is O=C(CO)NN=C1CCSCC1. The standard InChI is InChI=1S/C7H12N2O2S/c10-5-7(11)9-8-6-1-3-12-4-2-6/h10H,1-5H2,(H,9,11). The second kappa shape index (κ2) is 5.16. The van der Waals surface area contributed by atoms with Gasteiger partial charge in [-0.1, -0.05) is 0 Å². The maximum absolute atomic E-state index is 10.6. The zero-order chi connectivity index (χ0) is 8.81. The van der Waals surface area contributed by atoms with Crippen LogP contribution in [0, 0.1) is 0 Å². The molecule has 1 aliphatic rings. The number of hydrazone groups is 1. The van der Waals surface area contributed by atoms with Crippen LogP contribution < -0.4 is 5.43 Å². The van der Waals surface area contributed by atoms with Gasteiger partial charge in [-0.15, -0.1) is 0 Å². The number of aliphatic hydroxyl groups is 1. The third kappa shape index (κ3) is 3.23. The van der Waals surface area contributed by atoms with Gasteiger partial charge in [0.05, 0.1) is 0 Å². The van der Waals surface area contributed by atoms with Crippen LogP contribution in [-0.2, 0) is 4.79 Å². The minimum Gasteiger partial charge on any atom is -0.386 e. The van der Waals surface area contributed by atoms with Crippen LogP contribution in [-0.4, -0.2) is 34.8 Å². The summed E-state index contributed by atoms with van der Waals surface area (Å²) in [5.74, 6) is 1.71. The van der Waals surface area contributed by atoms with Gasteiger partial charge >= 0.3 is 0 Å². The lowest BCUT2D eigenvalue weighted by Gasteiger charge is -2.11. The fourth-order valence-electron chi connectivity index (χ4n) is 0.896. The van der Waals surface area contributed by atoms with Gasteiger partial charge in [-0.25, -0.2) is 5.43 Å². The molecule has 1 saturated heterocycles. The zero-order valence-corrected chi connectivity index (χ0v) is 7.56. The molecule has 0 aromatic rings. The first-order valence-corrected chi connectivity index (χ1v) is 5.01. The van der Waals surface area contributed by atoms with E-state index in [1.807, 2.05) is 11.8 Å². The largest absolute Gasteiger partial charge is 0.386 e. The van der Waals surface area contributed by atoms with Crippen LogP contribution in [0.4, 0.5) is 0 Å². The molecule has 0 aromatic carbocycles. The first kappa shape index (κ1) is 9.54. The van der Waals surface area contributed by atoms with Crippen molar-refractivity contribution in [2.45, 2.75) is 12.8 Å². The van der Waals surface area contributed by atoms with Crippen LogP contribution >= 0.6 is 11.8 Å². The molecule has 1 amide bonds. The molecule has 68 valence electrons. The lowest BCUT2D eigenvalue weighted by molar-refractivity contribution is -0.123. The Hall–Kier alpha value is -0.550. The van der Waals surface area contributed by atoms with Gasteiger partial charge in [-0.2, -0.15) is 16.9 Å². The third-order valence-electron chi connectivity index (χ3n) is 1.55. The second-order valence-electron chi connectivity index (χ2n) is 2.48. The molecule has 0 bridgehead atoms.